The SMILES string of the molecule is CC(C)CSC([NH])=O. The number of carbonyl (C=O) groups excluding carboxylic acids is 1. The number of hydrogen-bond acceptors (Lipinski definition) is 2. The molecule has 0 saturated carbocycles. The van der Waals surface area contributed by atoms with Gasteiger partial charge in [-0.15, -0.1) is 0 Å². The van der Waals surface area contributed by atoms with Gasteiger partial charge in [0.2, 0.25) is 0 Å². The van der Waals surface area contributed by atoms with Crippen molar-refractivity contribution >= 4 is 17.0 Å². The summed E-state index contributed by atoms with van der Waals surface area (Å²) in [6.07, 6.45) is 0. The second kappa shape index (κ2) is 3.78. The molecule has 0 aliphatic rings. The van der Waals surface area contributed by atoms with Crippen LogP contribution in [-0.2, 0) is 0 Å². The van der Waals surface area contributed by atoms with Gasteiger partial charge in [0.1, 0.15) is 0 Å². The molecule has 0 bridgehead atoms. The maximum Gasteiger partial charge on any atom is 0.297 e. The summed E-state index contributed by atoms with van der Waals surface area (Å²) in [5.74, 6) is 1.27. The lowest BCUT2D eigenvalue weighted by atomic mass is 10.3. The lowest BCUT2D eigenvalue weighted by Crippen LogP contribution is -1.95. The van der Waals surface area contributed by atoms with Gasteiger partial charge in [-0.05, 0) is 5.92 Å². The van der Waals surface area contributed by atoms with Gasteiger partial charge in [-0.1, -0.05) is 25.6 Å². The van der Waals surface area contributed by atoms with Crippen molar-refractivity contribution < 1.29 is 4.79 Å². The Balaban J connectivity index is 3.05. The van der Waals surface area contributed by atoms with Crippen LogP contribution in [0.25, 0.3) is 0 Å². The maximum atomic E-state index is 9.98. The van der Waals surface area contributed by atoms with E-state index in [1.807, 2.05) is 13.8 Å². The minimum atomic E-state index is -0.529. The Morgan fingerprint density at radius 1 is 1.75 bits per heavy atom. The molecule has 0 saturated heterocycles. The number of nitrogens with one attached hydrogen (secondary N) is 1. The van der Waals surface area contributed by atoms with Crippen LogP contribution >= 0.6 is 11.8 Å². The first kappa shape index (κ1) is 7.82. The van der Waals surface area contributed by atoms with Crippen molar-refractivity contribution in [3.63, 3.8) is 0 Å². The van der Waals surface area contributed by atoms with Gasteiger partial charge in [0.05, 0.1) is 0 Å². The van der Waals surface area contributed by atoms with Crippen LogP contribution < -0.4 is 5.73 Å². The van der Waals surface area contributed by atoms with E-state index in [1.165, 1.54) is 0 Å². The predicted molar refractivity (Wildman–Crippen MR) is 35.8 cm³/mol. The minimum absolute atomic E-state index is 0.509. The second-order valence-electron chi connectivity index (χ2n) is 1.99. The van der Waals surface area contributed by atoms with Crippen LogP contribution in [0.15, 0.2) is 0 Å². The van der Waals surface area contributed by atoms with Gasteiger partial charge >= 0.3 is 0 Å². The van der Waals surface area contributed by atoms with Crippen molar-refractivity contribution in [2.24, 2.45) is 5.92 Å². The van der Waals surface area contributed by atoms with E-state index in [2.05, 4.69) is 0 Å². The summed E-state index contributed by atoms with van der Waals surface area (Å²) in [5.41, 5.74) is 6.50. The van der Waals surface area contributed by atoms with Crippen molar-refractivity contribution in [3.8, 4) is 0 Å². The molecule has 0 fully saturated rings. The van der Waals surface area contributed by atoms with Crippen molar-refractivity contribution in [2.45, 2.75) is 13.8 Å². The Hall–Kier alpha value is -0.180. The van der Waals surface area contributed by atoms with Crippen LogP contribution in [0.3, 0.4) is 0 Å². The highest BCUT2D eigenvalue weighted by Gasteiger charge is 1.97. The molecule has 0 aliphatic carbocycles. The Morgan fingerprint density at radius 2 is 2.25 bits per heavy atom. The second-order valence-corrected chi connectivity index (χ2v) is 2.99. The summed E-state index contributed by atoms with van der Waals surface area (Å²) in [5, 5.41) is -0.529. The molecule has 0 aromatic heterocycles. The summed E-state index contributed by atoms with van der Waals surface area (Å²) in [7, 11) is 0. The number of hydrogen-bond donors (Lipinski definition) is 0. The van der Waals surface area contributed by atoms with Crippen molar-refractivity contribution in [3.05, 3.63) is 0 Å². The molecule has 3 heteroatoms. The average Bonchev–Trinajstić information content (AvgIpc) is 1.61. The molecular weight excluding hydrogens is 122 g/mol. The predicted octanol–water partition coefficient (Wildman–Crippen LogP) is 1.78. The molecule has 1 N–H and O–H groups in total. The third-order valence-electron chi connectivity index (χ3n) is 0.548. The first-order valence-electron chi connectivity index (χ1n) is 2.51. The summed E-state index contributed by atoms with van der Waals surface area (Å²) in [6, 6.07) is 0. The van der Waals surface area contributed by atoms with E-state index in [9.17, 15) is 4.79 Å². The van der Waals surface area contributed by atoms with Gasteiger partial charge in [0.15, 0.2) is 0 Å². The van der Waals surface area contributed by atoms with Crippen LogP contribution in [0.5, 0.6) is 0 Å². The topological polar surface area (TPSA) is 40.9 Å². The molecule has 1 amide bonds. The average molecular weight is 132 g/mol. The van der Waals surface area contributed by atoms with E-state index in [0.29, 0.717) is 5.92 Å². The molecule has 47 valence electrons. The standard InChI is InChI=1S/C5H10NOS/c1-4(2)3-8-5(6)7/h4,6H,3H2,1-2H3. The Labute approximate surface area is 53.8 Å². The highest BCUT2D eigenvalue weighted by Crippen LogP contribution is 2.06. The van der Waals surface area contributed by atoms with E-state index in [1.54, 1.807) is 0 Å². The molecule has 1 radical (unpaired) electrons. The number of thioether (sulfide) groups is 1. The fourth-order valence-corrected chi connectivity index (χ4v) is 0.727. The van der Waals surface area contributed by atoms with E-state index >= 15 is 0 Å². The zero-order valence-corrected chi connectivity index (χ0v) is 5.92. The van der Waals surface area contributed by atoms with Crippen LogP contribution in [0.2, 0.25) is 0 Å². The van der Waals surface area contributed by atoms with Crippen LogP contribution in [-0.4, -0.2) is 11.0 Å². The zero-order valence-electron chi connectivity index (χ0n) is 5.10. The minimum Gasteiger partial charge on any atom is -0.260 e. The third-order valence-corrected chi connectivity index (χ3v) is 1.64. The number of amides is 1. The molecule has 0 unspecified atom stereocenters. The highest BCUT2D eigenvalue weighted by molar-refractivity contribution is 8.13. The van der Waals surface area contributed by atoms with Crippen LogP contribution in [0.4, 0.5) is 4.79 Å². The van der Waals surface area contributed by atoms with E-state index in [0.717, 1.165) is 17.5 Å². The van der Waals surface area contributed by atoms with Gasteiger partial charge in [-0.3, -0.25) is 10.5 Å². The third kappa shape index (κ3) is 5.82. The lowest BCUT2D eigenvalue weighted by Gasteiger charge is -1.97. The van der Waals surface area contributed by atoms with E-state index < -0.39 is 5.24 Å². The molecule has 0 aliphatic heterocycles. The zero-order chi connectivity index (χ0) is 6.57. The highest BCUT2D eigenvalue weighted by atomic mass is 32.2. The maximum absolute atomic E-state index is 9.98. The number of carbonyl (C=O) groups is 1. The molecule has 8 heavy (non-hydrogen) atoms. The molecule has 2 nitrogen and oxygen atoms in total. The summed E-state index contributed by atoms with van der Waals surface area (Å²) >= 11 is 1.07. The molecule has 0 spiro atoms. The molecule has 0 atom stereocenters. The van der Waals surface area contributed by atoms with Crippen molar-refractivity contribution in [1.82, 2.24) is 5.73 Å². The van der Waals surface area contributed by atoms with Crippen molar-refractivity contribution in [2.75, 3.05) is 5.75 Å². The Morgan fingerprint density at radius 3 is 2.38 bits per heavy atom. The Bertz CT molecular complexity index is 82.5. The molecule has 0 aromatic rings. The van der Waals surface area contributed by atoms with Crippen molar-refractivity contribution in [1.29, 1.82) is 0 Å². The monoisotopic (exact) mass is 132 g/mol. The van der Waals surface area contributed by atoms with Gasteiger partial charge in [0, 0.05) is 5.75 Å². The first-order chi connectivity index (χ1) is 3.63. The fraction of sp³-hybridized carbons (Fsp3) is 0.800. The largest absolute Gasteiger partial charge is 0.297 e. The fourth-order valence-electron chi connectivity index (χ4n) is 0.242. The summed E-state index contributed by atoms with van der Waals surface area (Å²) in [4.78, 5) is 9.98. The van der Waals surface area contributed by atoms with Gasteiger partial charge in [-0.25, -0.2) is 0 Å². The van der Waals surface area contributed by atoms with Crippen LogP contribution in [0, 0.1) is 5.92 Å². The lowest BCUT2D eigenvalue weighted by molar-refractivity contribution is 0.266. The molecule has 0 aromatic carbocycles. The van der Waals surface area contributed by atoms with E-state index in [-0.39, 0.29) is 0 Å². The molecule has 0 heterocycles. The molecule has 0 rings (SSSR count). The molecular formula is C5H10NOS. The van der Waals surface area contributed by atoms with E-state index in [4.69, 9.17) is 5.73 Å². The summed E-state index contributed by atoms with van der Waals surface area (Å²) < 4.78 is 0. The Kier molecular flexibility index (Phi) is 3.69. The first-order valence-corrected chi connectivity index (χ1v) is 3.50. The normalized spacial score (nSPS) is 9.88. The van der Waals surface area contributed by atoms with Crippen LogP contribution in [0.1, 0.15) is 13.8 Å². The van der Waals surface area contributed by atoms with Gasteiger partial charge < -0.3 is 0 Å². The quantitative estimate of drug-likeness (QED) is 0.574. The van der Waals surface area contributed by atoms with Gasteiger partial charge in [0.25, 0.3) is 5.24 Å². The number of rotatable bonds is 2. The van der Waals surface area contributed by atoms with Gasteiger partial charge in [-0.2, -0.15) is 0 Å². The smallest absolute Gasteiger partial charge is 0.260 e. The summed E-state index contributed by atoms with van der Waals surface area (Å²) in [6.45, 7) is 4.05.